The minimum atomic E-state index is -0.271. The molecule has 0 heterocycles. The zero-order valence-corrected chi connectivity index (χ0v) is 10.4. The second-order valence-corrected chi connectivity index (χ2v) is 3.80. The van der Waals surface area contributed by atoms with Gasteiger partial charge in [-0.1, -0.05) is 32.9 Å². The molecule has 1 aromatic rings. The van der Waals surface area contributed by atoms with E-state index in [0.717, 1.165) is 36.1 Å². The first-order chi connectivity index (χ1) is 7.26. The zero-order chi connectivity index (χ0) is 11.3. The summed E-state index contributed by atoms with van der Waals surface area (Å²) in [5, 5.41) is 0. The Kier molecular flexibility index (Phi) is 4.82. The van der Waals surface area contributed by atoms with Gasteiger partial charge in [0.15, 0.2) is 11.9 Å². The maximum Gasteiger partial charge on any atom is 0.193 e. The smallest absolute Gasteiger partial charge is 0.193 e. The van der Waals surface area contributed by atoms with Gasteiger partial charge < -0.3 is 4.18 Å². The van der Waals surface area contributed by atoms with Crippen LogP contribution in [0, 0.1) is 0 Å². The van der Waals surface area contributed by atoms with Crippen LogP contribution in [0.15, 0.2) is 12.1 Å². The van der Waals surface area contributed by atoms with Gasteiger partial charge in [0, 0.05) is 0 Å². The average molecular weight is 226 g/mol. The third-order valence-electron chi connectivity index (χ3n) is 2.60. The van der Waals surface area contributed by atoms with Gasteiger partial charge in [0.2, 0.25) is 0 Å². The summed E-state index contributed by atoms with van der Waals surface area (Å²) in [6.07, 6.45) is 2.84. The number of benzene rings is 1. The fraction of sp³-hybridized carbons (Fsp3) is 0.500. The molecule has 1 rings (SSSR count). The van der Waals surface area contributed by atoms with Crippen molar-refractivity contribution in [2.75, 3.05) is 0 Å². The molecule has 1 aromatic carbocycles. The molecule has 0 aromatic heterocycles. The van der Waals surface area contributed by atoms with Crippen molar-refractivity contribution in [1.82, 2.24) is 0 Å². The molecule has 0 saturated carbocycles. The Balaban J connectivity index is 3.25. The highest BCUT2D eigenvalue weighted by molar-refractivity contribution is 7.60. The summed E-state index contributed by atoms with van der Waals surface area (Å²) < 4.78 is 15.7. The van der Waals surface area contributed by atoms with Crippen LogP contribution in [0.25, 0.3) is 0 Å². The summed E-state index contributed by atoms with van der Waals surface area (Å²) in [7, 11) is 0. The Bertz CT molecular complexity index is 322. The SMILES string of the molecule is CCc1cc(CC)c(O[SH]=O)c(CC)c1. The van der Waals surface area contributed by atoms with Crippen LogP contribution in [0.4, 0.5) is 0 Å². The third kappa shape index (κ3) is 2.81. The highest BCUT2D eigenvalue weighted by Gasteiger charge is 2.09. The summed E-state index contributed by atoms with van der Waals surface area (Å²) >= 11 is -0.271. The van der Waals surface area contributed by atoms with Crippen LogP contribution < -0.4 is 4.18 Å². The highest BCUT2D eigenvalue weighted by atomic mass is 32.2. The Hall–Kier alpha value is -0.830. The molecule has 0 saturated heterocycles. The quantitative estimate of drug-likeness (QED) is 0.781. The lowest BCUT2D eigenvalue weighted by molar-refractivity contribution is 0.570. The van der Waals surface area contributed by atoms with E-state index in [-0.39, 0.29) is 11.9 Å². The van der Waals surface area contributed by atoms with E-state index in [2.05, 4.69) is 32.9 Å². The van der Waals surface area contributed by atoms with Gasteiger partial charge in [0.1, 0.15) is 5.75 Å². The van der Waals surface area contributed by atoms with Crippen LogP contribution in [0.5, 0.6) is 5.75 Å². The molecule has 0 spiro atoms. The molecule has 0 atom stereocenters. The number of thiol groups is 1. The number of rotatable bonds is 5. The maximum absolute atomic E-state index is 10.5. The normalized spacial score (nSPS) is 10.3. The van der Waals surface area contributed by atoms with Crippen LogP contribution in [0.3, 0.4) is 0 Å². The molecule has 0 aliphatic carbocycles. The predicted octanol–water partition coefficient (Wildman–Crippen LogP) is 2.61. The molecule has 0 radical (unpaired) electrons. The van der Waals surface area contributed by atoms with E-state index in [9.17, 15) is 4.21 Å². The molecule has 0 unspecified atom stereocenters. The largest absolute Gasteiger partial charge is 0.402 e. The van der Waals surface area contributed by atoms with Gasteiger partial charge >= 0.3 is 0 Å². The molecule has 84 valence electrons. The van der Waals surface area contributed by atoms with Gasteiger partial charge in [0.05, 0.1) is 0 Å². The van der Waals surface area contributed by atoms with Crippen LogP contribution >= 0.6 is 0 Å². The fourth-order valence-corrected chi connectivity index (χ4v) is 2.02. The minimum absolute atomic E-state index is 0.271. The molecule has 0 fully saturated rings. The Morgan fingerprint density at radius 3 is 1.93 bits per heavy atom. The Labute approximate surface area is 95.3 Å². The summed E-state index contributed by atoms with van der Waals surface area (Å²) in [5.74, 6) is 0.800. The summed E-state index contributed by atoms with van der Waals surface area (Å²) in [6.45, 7) is 6.31. The van der Waals surface area contributed by atoms with Crippen molar-refractivity contribution in [3.8, 4) is 5.75 Å². The van der Waals surface area contributed by atoms with Gasteiger partial charge in [-0.05, 0) is 36.0 Å². The Morgan fingerprint density at radius 2 is 1.60 bits per heavy atom. The first kappa shape index (κ1) is 12.2. The van der Waals surface area contributed by atoms with Crippen molar-refractivity contribution in [2.45, 2.75) is 40.0 Å². The van der Waals surface area contributed by atoms with E-state index in [4.69, 9.17) is 4.18 Å². The van der Waals surface area contributed by atoms with E-state index >= 15 is 0 Å². The second-order valence-electron chi connectivity index (χ2n) is 3.47. The van der Waals surface area contributed by atoms with E-state index < -0.39 is 0 Å². The molecular weight excluding hydrogens is 208 g/mol. The number of hydrogen-bond donors (Lipinski definition) is 1. The van der Waals surface area contributed by atoms with Crippen molar-refractivity contribution < 1.29 is 8.39 Å². The van der Waals surface area contributed by atoms with Crippen molar-refractivity contribution >= 4 is 11.9 Å². The summed E-state index contributed by atoms with van der Waals surface area (Å²) in [6, 6.07) is 4.28. The standard InChI is InChI=1S/C12H18O2S/c1-4-9-7-10(5-2)12(14-15-13)11(6-3)8-9/h7-8,15H,4-6H2,1-3H3. The third-order valence-corrected chi connectivity index (χ3v) is 2.86. The topological polar surface area (TPSA) is 26.3 Å². The van der Waals surface area contributed by atoms with Crippen LogP contribution in [-0.2, 0) is 31.2 Å². The Morgan fingerprint density at radius 1 is 1.07 bits per heavy atom. The van der Waals surface area contributed by atoms with E-state index in [0.29, 0.717) is 0 Å². The molecular formula is C12H18O2S. The van der Waals surface area contributed by atoms with Gasteiger partial charge in [-0.25, -0.2) is 4.21 Å². The number of aryl methyl sites for hydroxylation is 3. The minimum Gasteiger partial charge on any atom is -0.402 e. The summed E-state index contributed by atoms with van der Waals surface area (Å²) in [4.78, 5) is 0. The van der Waals surface area contributed by atoms with Gasteiger partial charge in [-0.15, -0.1) is 0 Å². The highest BCUT2D eigenvalue weighted by Crippen LogP contribution is 2.27. The monoisotopic (exact) mass is 226 g/mol. The molecule has 0 aliphatic rings. The van der Waals surface area contributed by atoms with Crippen molar-refractivity contribution in [1.29, 1.82) is 0 Å². The van der Waals surface area contributed by atoms with Crippen LogP contribution in [0.2, 0.25) is 0 Å². The van der Waals surface area contributed by atoms with E-state index in [1.165, 1.54) is 5.56 Å². The molecule has 0 amide bonds. The van der Waals surface area contributed by atoms with Gasteiger partial charge in [-0.3, -0.25) is 0 Å². The van der Waals surface area contributed by atoms with Gasteiger partial charge in [0.25, 0.3) is 0 Å². The van der Waals surface area contributed by atoms with Crippen molar-refractivity contribution in [3.63, 3.8) is 0 Å². The second kappa shape index (κ2) is 5.91. The van der Waals surface area contributed by atoms with Crippen LogP contribution in [-0.4, -0.2) is 4.21 Å². The molecule has 0 N–H and O–H groups in total. The molecule has 3 heteroatoms. The lowest BCUT2D eigenvalue weighted by atomic mass is 9.99. The number of hydrogen-bond acceptors (Lipinski definition) is 2. The molecule has 2 nitrogen and oxygen atoms in total. The van der Waals surface area contributed by atoms with Crippen molar-refractivity contribution in [3.05, 3.63) is 28.8 Å². The van der Waals surface area contributed by atoms with Crippen LogP contribution in [0.1, 0.15) is 37.5 Å². The van der Waals surface area contributed by atoms with E-state index in [1.807, 2.05) is 0 Å². The van der Waals surface area contributed by atoms with Gasteiger partial charge in [-0.2, -0.15) is 0 Å². The molecule has 15 heavy (non-hydrogen) atoms. The zero-order valence-electron chi connectivity index (χ0n) is 9.54. The maximum atomic E-state index is 10.5. The fourth-order valence-electron chi connectivity index (χ4n) is 1.71. The lowest BCUT2D eigenvalue weighted by Crippen LogP contribution is -1.98. The predicted molar refractivity (Wildman–Crippen MR) is 64.7 cm³/mol. The molecule has 0 aliphatic heterocycles. The van der Waals surface area contributed by atoms with E-state index in [1.54, 1.807) is 0 Å². The van der Waals surface area contributed by atoms with Crippen molar-refractivity contribution in [2.24, 2.45) is 0 Å². The first-order valence-corrected chi connectivity index (χ1v) is 6.14. The average Bonchev–Trinajstić information content (AvgIpc) is 2.29. The lowest BCUT2D eigenvalue weighted by Gasteiger charge is -2.12. The molecule has 0 bridgehead atoms. The first-order valence-electron chi connectivity index (χ1n) is 5.41. The summed E-state index contributed by atoms with van der Waals surface area (Å²) in [5.41, 5.74) is 3.61.